The summed E-state index contributed by atoms with van der Waals surface area (Å²) in [5, 5.41) is 0. The summed E-state index contributed by atoms with van der Waals surface area (Å²) in [4.78, 5) is 13.4. The van der Waals surface area contributed by atoms with Crippen LogP contribution < -0.4 is 5.73 Å². The Labute approximate surface area is 102 Å². The van der Waals surface area contributed by atoms with Crippen LogP contribution in [0.5, 0.6) is 0 Å². The SMILES string of the molecule is CCOCC(=O)N(C)C(C)c1cccc(N)c1. The summed E-state index contributed by atoms with van der Waals surface area (Å²) in [7, 11) is 1.77. The molecule has 1 aromatic carbocycles. The Hall–Kier alpha value is -1.55. The number of hydrogen-bond donors (Lipinski definition) is 1. The Kier molecular flexibility index (Phi) is 4.97. The van der Waals surface area contributed by atoms with Gasteiger partial charge >= 0.3 is 0 Å². The molecule has 1 atom stereocenters. The molecule has 0 saturated heterocycles. The van der Waals surface area contributed by atoms with E-state index in [9.17, 15) is 4.79 Å². The molecule has 1 amide bonds. The van der Waals surface area contributed by atoms with E-state index in [4.69, 9.17) is 10.5 Å². The van der Waals surface area contributed by atoms with Crippen molar-refractivity contribution >= 4 is 11.6 Å². The molecule has 1 rings (SSSR count). The van der Waals surface area contributed by atoms with Gasteiger partial charge in [0.2, 0.25) is 5.91 Å². The van der Waals surface area contributed by atoms with Gasteiger partial charge in [-0.15, -0.1) is 0 Å². The number of benzene rings is 1. The number of nitrogens with two attached hydrogens (primary N) is 1. The first kappa shape index (κ1) is 13.5. The van der Waals surface area contributed by atoms with Gasteiger partial charge in [0.05, 0.1) is 6.04 Å². The van der Waals surface area contributed by atoms with Crippen molar-refractivity contribution < 1.29 is 9.53 Å². The molecule has 2 N–H and O–H groups in total. The van der Waals surface area contributed by atoms with Gasteiger partial charge in [-0.2, -0.15) is 0 Å². The smallest absolute Gasteiger partial charge is 0.248 e. The van der Waals surface area contributed by atoms with Crippen molar-refractivity contribution in [1.29, 1.82) is 0 Å². The molecule has 0 aliphatic heterocycles. The molecule has 0 saturated carbocycles. The fourth-order valence-corrected chi connectivity index (χ4v) is 1.55. The van der Waals surface area contributed by atoms with Gasteiger partial charge < -0.3 is 15.4 Å². The summed E-state index contributed by atoms with van der Waals surface area (Å²) in [5.41, 5.74) is 7.46. The summed E-state index contributed by atoms with van der Waals surface area (Å²) in [6.07, 6.45) is 0. The maximum atomic E-state index is 11.8. The molecular formula is C13H20N2O2. The summed E-state index contributed by atoms with van der Waals surface area (Å²) in [6.45, 7) is 4.51. The fraction of sp³-hybridized carbons (Fsp3) is 0.462. The monoisotopic (exact) mass is 236 g/mol. The van der Waals surface area contributed by atoms with E-state index >= 15 is 0 Å². The third-order valence-corrected chi connectivity index (χ3v) is 2.80. The lowest BCUT2D eigenvalue weighted by atomic mass is 10.1. The molecule has 4 nitrogen and oxygen atoms in total. The Morgan fingerprint density at radius 1 is 1.53 bits per heavy atom. The average molecular weight is 236 g/mol. The van der Waals surface area contributed by atoms with Crippen LogP contribution in [0.3, 0.4) is 0 Å². The van der Waals surface area contributed by atoms with Gasteiger partial charge in [-0.3, -0.25) is 4.79 Å². The van der Waals surface area contributed by atoms with Crippen molar-refractivity contribution in [3.63, 3.8) is 0 Å². The second-order valence-corrected chi connectivity index (χ2v) is 3.99. The zero-order valence-corrected chi connectivity index (χ0v) is 10.6. The molecule has 0 fully saturated rings. The van der Waals surface area contributed by atoms with E-state index in [1.54, 1.807) is 11.9 Å². The van der Waals surface area contributed by atoms with Gasteiger partial charge in [-0.25, -0.2) is 0 Å². The topological polar surface area (TPSA) is 55.6 Å². The molecule has 94 valence electrons. The molecule has 0 heterocycles. The van der Waals surface area contributed by atoms with Crippen LogP contribution in [0.1, 0.15) is 25.5 Å². The molecule has 0 radical (unpaired) electrons. The number of likely N-dealkylation sites (N-methyl/N-ethyl adjacent to an activating group) is 1. The quantitative estimate of drug-likeness (QED) is 0.793. The average Bonchev–Trinajstić information content (AvgIpc) is 2.34. The molecule has 0 aromatic heterocycles. The minimum atomic E-state index is -0.0261. The van der Waals surface area contributed by atoms with Gasteiger partial charge in [-0.1, -0.05) is 12.1 Å². The van der Waals surface area contributed by atoms with Crippen molar-refractivity contribution in [2.75, 3.05) is 26.0 Å². The van der Waals surface area contributed by atoms with Crippen molar-refractivity contribution in [1.82, 2.24) is 4.90 Å². The lowest BCUT2D eigenvalue weighted by Crippen LogP contribution is -2.32. The number of carbonyl (C=O) groups excluding carboxylic acids is 1. The van der Waals surface area contributed by atoms with Crippen molar-refractivity contribution in [2.45, 2.75) is 19.9 Å². The molecular weight excluding hydrogens is 216 g/mol. The molecule has 1 unspecified atom stereocenters. The lowest BCUT2D eigenvalue weighted by Gasteiger charge is -2.25. The highest BCUT2D eigenvalue weighted by molar-refractivity contribution is 5.77. The highest BCUT2D eigenvalue weighted by atomic mass is 16.5. The predicted molar refractivity (Wildman–Crippen MR) is 68.5 cm³/mol. The Balaban J connectivity index is 2.69. The number of carbonyl (C=O) groups is 1. The fourth-order valence-electron chi connectivity index (χ4n) is 1.55. The predicted octanol–water partition coefficient (Wildman–Crippen LogP) is 1.82. The first-order chi connectivity index (χ1) is 8.06. The van der Waals surface area contributed by atoms with Crippen molar-refractivity contribution in [2.24, 2.45) is 0 Å². The molecule has 1 aromatic rings. The van der Waals surface area contributed by atoms with E-state index in [1.807, 2.05) is 38.1 Å². The maximum absolute atomic E-state index is 11.8. The Morgan fingerprint density at radius 3 is 2.82 bits per heavy atom. The van der Waals surface area contributed by atoms with E-state index in [1.165, 1.54) is 0 Å². The third-order valence-electron chi connectivity index (χ3n) is 2.80. The number of ether oxygens (including phenoxy) is 1. The van der Waals surface area contributed by atoms with Crippen molar-refractivity contribution in [3.05, 3.63) is 29.8 Å². The van der Waals surface area contributed by atoms with E-state index in [0.29, 0.717) is 12.3 Å². The van der Waals surface area contributed by atoms with Gasteiger partial charge in [-0.05, 0) is 31.5 Å². The third kappa shape index (κ3) is 3.75. The largest absolute Gasteiger partial charge is 0.399 e. The van der Waals surface area contributed by atoms with Crippen LogP contribution in [0, 0.1) is 0 Å². The van der Waals surface area contributed by atoms with E-state index in [2.05, 4.69) is 0 Å². The van der Waals surface area contributed by atoms with E-state index in [-0.39, 0.29) is 18.6 Å². The molecule has 17 heavy (non-hydrogen) atoms. The van der Waals surface area contributed by atoms with Crippen molar-refractivity contribution in [3.8, 4) is 0 Å². The number of rotatable bonds is 5. The summed E-state index contributed by atoms with van der Waals surface area (Å²) in [5.74, 6) is -0.0261. The second kappa shape index (κ2) is 6.25. The zero-order valence-electron chi connectivity index (χ0n) is 10.6. The highest BCUT2D eigenvalue weighted by Gasteiger charge is 2.17. The number of hydrogen-bond acceptors (Lipinski definition) is 3. The van der Waals surface area contributed by atoms with Gasteiger partial charge in [0.25, 0.3) is 0 Å². The van der Waals surface area contributed by atoms with Gasteiger partial charge in [0.15, 0.2) is 0 Å². The number of amides is 1. The van der Waals surface area contributed by atoms with Crippen LogP contribution in [0.15, 0.2) is 24.3 Å². The van der Waals surface area contributed by atoms with Gasteiger partial charge in [0, 0.05) is 19.3 Å². The second-order valence-electron chi connectivity index (χ2n) is 3.99. The summed E-state index contributed by atoms with van der Waals surface area (Å²) in [6, 6.07) is 7.56. The minimum absolute atomic E-state index is 0.00791. The molecule has 0 aliphatic rings. The normalized spacial score (nSPS) is 12.2. The lowest BCUT2D eigenvalue weighted by molar-refractivity contribution is -0.136. The summed E-state index contributed by atoms with van der Waals surface area (Å²) < 4.78 is 5.11. The molecule has 4 heteroatoms. The number of nitrogen functional groups attached to an aromatic ring is 1. The first-order valence-electron chi connectivity index (χ1n) is 5.75. The zero-order chi connectivity index (χ0) is 12.8. The number of nitrogens with zero attached hydrogens (tertiary/aromatic N) is 1. The Bertz CT molecular complexity index is 379. The maximum Gasteiger partial charge on any atom is 0.248 e. The van der Waals surface area contributed by atoms with Crippen LogP contribution >= 0.6 is 0 Å². The van der Waals surface area contributed by atoms with Crippen LogP contribution in [0.4, 0.5) is 5.69 Å². The Morgan fingerprint density at radius 2 is 2.24 bits per heavy atom. The van der Waals surface area contributed by atoms with E-state index < -0.39 is 0 Å². The molecule has 0 spiro atoms. The summed E-state index contributed by atoms with van der Waals surface area (Å²) >= 11 is 0. The van der Waals surface area contributed by atoms with Crippen LogP contribution in [-0.2, 0) is 9.53 Å². The van der Waals surface area contributed by atoms with Crippen LogP contribution in [0.25, 0.3) is 0 Å². The van der Waals surface area contributed by atoms with E-state index in [0.717, 1.165) is 5.56 Å². The molecule has 0 bridgehead atoms. The van der Waals surface area contributed by atoms with Crippen LogP contribution in [-0.4, -0.2) is 31.1 Å². The minimum Gasteiger partial charge on any atom is -0.399 e. The number of anilines is 1. The standard InChI is InChI=1S/C13H20N2O2/c1-4-17-9-13(16)15(3)10(2)11-6-5-7-12(14)8-11/h5-8,10H,4,9,14H2,1-3H3. The van der Waals surface area contributed by atoms with Gasteiger partial charge in [0.1, 0.15) is 6.61 Å². The highest BCUT2D eigenvalue weighted by Crippen LogP contribution is 2.20. The molecule has 0 aliphatic carbocycles. The first-order valence-corrected chi connectivity index (χ1v) is 5.75. The van der Waals surface area contributed by atoms with Crippen LogP contribution in [0.2, 0.25) is 0 Å².